The minimum absolute atomic E-state index is 0.136. The molecule has 2 atom stereocenters. The van der Waals surface area contributed by atoms with Gasteiger partial charge in [-0.3, -0.25) is 14.5 Å². The van der Waals surface area contributed by atoms with E-state index in [1.165, 1.54) is 4.90 Å². The van der Waals surface area contributed by atoms with Crippen LogP contribution in [-0.2, 0) is 29.0 Å². The third kappa shape index (κ3) is 5.96. The predicted octanol–water partition coefficient (Wildman–Crippen LogP) is 4.23. The van der Waals surface area contributed by atoms with Crippen LogP contribution >= 0.6 is 0 Å². The Bertz CT molecular complexity index is 1350. The number of nitrogens with one attached hydrogen (secondary N) is 1. The van der Waals surface area contributed by atoms with Crippen molar-refractivity contribution in [2.24, 2.45) is 0 Å². The van der Waals surface area contributed by atoms with Gasteiger partial charge in [0.25, 0.3) is 0 Å². The fourth-order valence-electron chi connectivity index (χ4n) is 5.91. The first-order chi connectivity index (χ1) is 19.4. The zero-order chi connectivity index (χ0) is 28.1. The average Bonchev–Trinajstić information content (AvgIpc) is 3.00. The fraction of sp³-hybridized carbons (Fsp3) is 0.344. The second-order valence-corrected chi connectivity index (χ2v) is 10.5. The number of nitrogens with zero attached hydrogens (tertiary/aromatic N) is 2. The number of fused-ring (bicyclic) bond motifs is 1. The molecule has 0 spiro atoms. The van der Waals surface area contributed by atoms with Crippen molar-refractivity contribution in [1.82, 2.24) is 15.1 Å². The fourth-order valence-corrected chi connectivity index (χ4v) is 5.91. The first kappa shape index (κ1) is 27.2. The number of amides is 3. The lowest BCUT2D eigenvalue weighted by molar-refractivity contribution is -0.138. The summed E-state index contributed by atoms with van der Waals surface area (Å²) in [6.45, 7) is 1.28. The molecule has 0 radical (unpaired) electrons. The van der Waals surface area contributed by atoms with Crippen LogP contribution in [0.2, 0.25) is 0 Å². The average molecular weight is 542 g/mol. The summed E-state index contributed by atoms with van der Waals surface area (Å²) in [7, 11) is 1.67. The van der Waals surface area contributed by atoms with E-state index in [0.717, 1.165) is 40.8 Å². The highest BCUT2D eigenvalue weighted by molar-refractivity contribution is 5.92. The van der Waals surface area contributed by atoms with Gasteiger partial charge in [0.15, 0.2) is 0 Å². The monoisotopic (exact) mass is 541 g/mol. The van der Waals surface area contributed by atoms with Gasteiger partial charge in [-0.05, 0) is 47.1 Å². The molecule has 2 aliphatic heterocycles. The van der Waals surface area contributed by atoms with Crippen LogP contribution < -0.4 is 10.1 Å². The molecule has 2 heterocycles. The van der Waals surface area contributed by atoms with E-state index in [1.54, 1.807) is 7.11 Å². The van der Waals surface area contributed by atoms with Gasteiger partial charge in [-0.1, -0.05) is 72.8 Å². The van der Waals surface area contributed by atoms with Gasteiger partial charge in [0, 0.05) is 25.9 Å². The van der Waals surface area contributed by atoms with E-state index in [1.807, 2.05) is 77.7 Å². The molecule has 0 bridgehead atoms. The molecule has 40 heavy (non-hydrogen) atoms. The summed E-state index contributed by atoms with van der Waals surface area (Å²) in [5.74, 6) is 0.552. The van der Waals surface area contributed by atoms with E-state index in [2.05, 4.69) is 11.4 Å². The number of carbonyl (C=O) groups excluding carboxylic acids is 2. The van der Waals surface area contributed by atoms with Crippen LogP contribution in [0, 0.1) is 0 Å². The Morgan fingerprint density at radius 2 is 1.57 bits per heavy atom. The van der Waals surface area contributed by atoms with E-state index >= 15 is 0 Å². The summed E-state index contributed by atoms with van der Waals surface area (Å²) in [5.41, 5.74) is 3.92. The Kier molecular flexibility index (Phi) is 8.34. The highest BCUT2D eigenvalue weighted by atomic mass is 16.5. The maximum absolute atomic E-state index is 13.9. The maximum atomic E-state index is 13.9. The summed E-state index contributed by atoms with van der Waals surface area (Å²) in [5, 5.41) is 12.8. The molecule has 2 aliphatic rings. The molecule has 8 heteroatoms. The van der Waals surface area contributed by atoms with Gasteiger partial charge >= 0.3 is 6.09 Å². The third-order valence-electron chi connectivity index (χ3n) is 8.08. The minimum Gasteiger partial charge on any atom is -0.496 e. The van der Waals surface area contributed by atoms with Crippen molar-refractivity contribution >= 4 is 17.9 Å². The van der Waals surface area contributed by atoms with Gasteiger partial charge in [0.05, 0.1) is 13.7 Å². The van der Waals surface area contributed by atoms with Crippen molar-refractivity contribution in [2.45, 2.75) is 50.2 Å². The molecule has 8 nitrogen and oxygen atoms in total. The lowest BCUT2D eigenvalue weighted by atomic mass is 9.88. The zero-order valence-corrected chi connectivity index (χ0v) is 22.7. The molecule has 1 fully saturated rings. The van der Waals surface area contributed by atoms with Gasteiger partial charge < -0.3 is 20.1 Å². The lowest BCUT2D eigenvalue weighted by Gasteiger charge is -2.37. The topological polar surface area (TPSA) is 99.2 Å². The lowest BCUT2D eigenvalue weighted by Crippen LogP contribution is -2.58. The van der Waals surface area contributed by atoms with Gasteiger partial charge in [0.2, 0.25) is 11.8 Å². The molecule has 208 valence electrons. The molecule has 1 saturated heterocycles. The van der Waals surface area contributed by atoms with Crippen molar-refractivity contribution in [3.63, 3.8) is 0 Å². The molecule has 0 saturated carbocycles. The Morgan fingerprint density at radius 1 is 0.925 bits per heavy atom. The summed E-state index contributed by atoms with van der Waals surface area (Å²) in [4.78, 5) is 42.6. The number of methoxy groups -OCH3 is 1. The predicted molar refractivity (Wildman–Crippen MR) is 151 cm³/mol. The van der Waals surface area contributed by atoms with Crippen molar-refractivity contribution in [1.29, 1.82) is 0 Å². The maximum Gasteiger partial charge on any atom is 0.408 e. The van der Waals surface area contributed by atoms with E-state index in [0.29, 0.717) is 19.5 Å². The molecule has 2 N–H and O–H groups in total. The third-order valence-corrected chi connectivity index (χ3v) is 8.08. The minimum atomic E-state index is -1.15. The number of likely N-dealkylation sites (tertiary alicyclic amines) is 1. The van der Waals surface area contributed by atoms with E-state index in [4.69, 9.17) is 4.74 Å². The van der Waals surface area contributed by atoms with Crippen molar-refractivity contribution in [3.8, 4) is 5.75 Å². The standard InChI is InChI=1S/C32H35N3O5/c1-40-29-14-8-7-13-26(29)23-15-17-34(18-16-23)31(37)27(19-22-9-3-2-4-10-22)33-30(36)28-20-24-11-5-6-12-25(24)21-35(28)32(38)39/h2-14,23,27-28H,15-21H2,1H3,(H,33,36)(H,38,39)/t27-,28+/m1/s1. The molecular weight excluding hydrogens is 506 g/mol. The number of rotatable bonds is 7. The number of hydrogen-bond acceptors (Lipinski definition) is 4. The molecule has 3 aromatic rings. The number of carbonyl (C=O) groups is 3. The number of piperidine rings is 1. The van der Waals surface area contributed by atoms with Gasteiger partial charge in [-0.25, -0.2) is 4.79 Å². The number of para-hydroxylation sites is 1. The van der Waals surface area contributed by atoms with E-state index in [9.17, 15) is 19.5 Å². The van der Waals surface area contributed by atoms with Crippen LogP contribution in [0.15, 0.2) is 78.9 Å². The normalized spacial score (nSPS) is 18.0. The highest BCUT2D eigenvalue weighted by Crippen LogP contribution is 2.34. The van der Waals surface area contributed by atoms with Crippen molar-refractivity contribution in [3.05, 3.63) is 101 Å². The van der Waals surface area contributed by atoms with Crippen molar-refractivity contribution < 1.29 is 24.2 Å². The number of hydrogen-bond donors (Lipinski definition) is 2. The van der Waals surface area contributed by atoms with Crippen LogP contribution in [0.1, 0.15) is 41.0 Å². The van der Waals surface area contributed by atoms with E-state index in [-0.39, 0.29) is 24.8 Å². The Balaban J connectivity index is 1.32. The number of carboxylic acid groups (broad SMARTS) is 1. The SMILES string of the molecule is COc1ccccc1C1CCN(C(=O)[C@@H](Cc2ccccc2)NC(=O)[C@@H]2Cc3ccccc3CN2C(=O)O)CC1. The summed E-state index contributed by atoms with van der Waals surface area (Å²) >= 11 is 0. The number of ether oxygens (including phenoxy) is 1. The quantitative estimate of drug-likeness (QED) is 0.466. The second kappa shape index (κ2) is 12.2. The van der Waals surface area contributed by atoms with Crippen LogP contribution in [0.5, 0.6) is 5.75 Å². The van der Waals surface area contributed by atoms with Crippen LogP contribution in [-0.4, -0.2) is 65.1 Å². The molecule has 0 aliphatic carbocycles. The molecule has 3 aromatic carbocycles. The smallest absolute Gasteiger partial charge is 0.408 e. The first-order valence-electron chi connectivity index (χ1n) is 13.8. The first-order valence-corrected chi connectivity index (χ1v) is 13.8. The Hall–Kier alpha value is -4.33. The summed E-state index contributed by atoms with van der Waals surface area (Å²) < 4.78 is 5.55. The Labute approximate surface area is 234 Å². The van der Waals surface area contributed by atoms with Gasteiger partial charge in [-0.2, -0.15) is 0 Å². The Morgan fingerprint density at radius 3 is 2.27 bits per heavy atom. The second-order valence-electron chi connectivity index (χ2n) is 10.5. The largest absolute Gasteiger partial charge is 0.496 e. The molecule has 0 unspecified atom stereocenters. The van der Waals surface area contributed by atoms with Crippen molar-refractivity contribution in [2.75, 3.05) is 20.2 Å². The van der Waals surface area contributed by atoms with Gasteiger partial charge in [-0.15, -0.1) is 0 Å². The summed E-state index contributed by atoms with van der Waals surface area (Å²) in [6, 6.07) is 23.4. The molecule has 0 aromatic heterocycles. The highest BCUT2D eigenvalue weighted by Gasteiger charge is 2.37. The molecule has 5 rings (SSSR count). The van der Waals surface area contributed by atoms with Crippen LogP contribution in [0.4, 0.5) is 4.79 Å². The summed E-state index contributed by atoms with van der Waals surface area (Å²) in [6.07, 6.45) is 1.03. The van der Waals surface area contributed by atoms with Crippen LogP contribution in [0.25, 0.3) is 0 Å². The van der Waals surface area contributed by atoms with Gasteiger partial charge in [0.1, 0.15) is 17.8 Å². The van der Waals surface area contributed by atoms with Crippen LogP contribution in [0.3, 0.4) is 0 Å². The number of benzene rings is 3. The molecular formula is C32H35N3O5. The zero-order valence-electron chi connectivity index (χ0n) is 22.7. The molecule has 3 amide bonds. The van der Waals surface area contributed by atoms with E-state index < -0.39 is 24.1 Å².